The van der Waals surface area contributed by atoms with Crippen LogP contribution in [0, 0.1) is 5.82 Å². The summed E-state index contributed by atoms with van der Waals surface area (Å²) >= 11 is 0. The summed E-state index contributed by atoms with van der Waals surface area (Å²) in [5, 5.41) is 9.69. The van der Waals surface area contributed by atoms with Crippen LogP contribution in [0.1, 0.15) is 68.0 Å². The Balaban J connectivity index is 2.12. The Morgan fingerprint density at radius 2 is 1.75 bits per heavy atom. The molecule has 1 aliphatic rings. The molecular formula is C29H45FN3O9PSi. The highest BCUT2D eigenvalue weighted by atomic mass is 31.2. The van der Waals surface area contributed by atoms with E-state index in [9.17, 15) is 28.4 Å². The molecule has 0 saturated carbocycles. The molecule has 0 bridgehead atoms. The molecule has 2 aromatic rings. The van der Waals surface area contributed by atoms with Gasteiger partial charge in [0.25, 0.3) is 5.56 Å². The van der Waals surface area contributed by atoms with E-state index in [1.807, 2.05) is 18.1 Å². The number of aliphatic carboxylic acids is 1. The second kappa shape index (κ2) is 13.0. The average molecular weight is 658 g/mol. The molecule has 3 rings (SSSR count). The van der Waals surface area contributed by atoms with Gasteiger partial charge >= 0.3 is 19.4 Å². The first-order chi connectivity index (χ1) is 20.1. The molecule has 1 aromatic carbocycles. The van der Waals surface area contributed by atoms with Gasteiger partial charge in [0.2, 0.25) is 5.82 Å². The van der Waals surface area contributed by atoms with Gasteiger partial charge in [-0.15, -0.1) is 0 Å². The summed E-state index contributed by atoms with van der Waals surface area (Å²) in [6.07, 6.45) is -1.93. The molecule has 1 saturated heterocycles. The molecule has 1 aromatic heterocycles. The van der Waals surface area contributed by atoms with Crippen molar-refractivity contribution in [1.29, 1.82) is 0 Å². The van der Waals surface area contributed by atoms with Crippen LogP contribution < -0.4 is 15.8 Å². The lowest BCUT2D eigenvalue weighted by Gasteiger charge is -2.44. The molecule has 2 N–H and O–H groups in total. The number of carbonyl (C=O) groups is 1. The topological polar surface area (TPSA) is 149 Å². The predicted octanol–water partition coefficient (Wildman–Crippen LogP) is 5.52. The van der Waals surface area contributed by atoms with Crippen molar-refractivity contribution in [3.8, 4) is 5.75 Å². The van der Waals surface area contributed by atoms with E-state index in [1.165, 1.54) is 11.6 Å². The van der Waals surface area contributed by atoms with E-state index in [-0.39, 0.29) is 17.2 Å². The number of rotatable bonds is 12. The van der Waals surface area contributed by atoms with Gasteiger partial charge < -0.3 is 18.8 Å². The average Bonchev–Trinajstić information content (AvgIpc) is 3.29. The number of carboxylic acids is 1. The van der Waals surface area contributed by atoms with Gasteiger partial charge in [-0.3, -0.25) is 23.7 Å². The number of aromatic amines is 1. The zero-order valence-corrected chi connectivity index (χ0v) is 28.9. The van der Waals surface area contributed by atoms with Gasteiger partial charge in [-0.25, -0.2) is 9.36 Å². The van der Waals surface area contributed by atoms with Crippen LogP contribution in [-0.2, 0) is 23.0 Å². The maximum atomic E-state index is 14.9. The van der Waals surface area contributed by atoms with E-state index in [0.717, 1.165) is 10.8 Å². The van der Waals surface area contributed by atoms with Crippen molar-refractivity contribution in [2.75, 3.05) is 0 Å². The van der Waals surface area contributed by atoms with Gasteiger partial charge in [0.05, 0.1) is 12.3 Å². The normalized spacial score (nSPS) is 21.8. The maximum absolute atomic E-state index is 14.9. The molecule has 5 atom stereocenters. The molecule has 0 spiro atoms. The molecule has 1 aliphatic heterocycles. The van der Waals surface area contributed by atoms with Gasteiger partial charge in [-0.1, -0.05) is 39.0 Å². The first-order valence-electron chi connectivity index (χ1n) is 14.5. The summed E-state index contributed by atoms with van der Waals surface area (Å²) in [5.74, 6) is -2.19. The van der Waals surface area contributed by atoms with Gasteiger partial charge in [0.1, 0.15) is 29.7 Å². The first kappa shape index (κ1) is 35.9. The van der Waals surface area contributed by atoms with E-state index in [0.29, 0.717) is 0 Å². The van der Waals surface area contributed by atoms with Crippen molar-refractivity contribution < 1.29 is 37.1 Å². The number of ether oxygens (including phenoxy) is 1. The summed E-state index contributed by atoms with van der Waals surface area (Å²) < 4.78 is 56.8. The number of benzene rings is 1. The lowest BCUT2D eigenvalue weighted by atomic mass is 9.97. The number of aromatic nitrogens is 2. The number of halogens is 1. The highest BCUT2D eigenvalue weighted by Crippen LogP contribution is 2.58. The van der Waals surface area contributed by atoms with Crippen LogP contribution >= 0.6 is 7.75 Å². The molecule has 12 nitrogen and oxygen atoms in total. The summed E-state index contributed by atoms with van der Waals surface area (Å²) in [6, 6.07) is 6.41. The Labute approximate surface area is 258 Å². The minimum Gasteiger partial charge on any atom is -0.480 e. The molecule has 2 heterocycles. The number of hydrogen-bond acceptors (Lipinski definition) is 8. The van der Waals surface area contributed by atoms with Gasteiger partial charge in [-0.2, -0.15) is 9.06 Å². The molecule has 44 heavy (non-hydrogen) atoms. The summed E-state index contributed by atoms with van der Waals surface area (Å²) in [5.41, 5.74) is -3.51. The van der Waals surface area contributed by atoms with Crippen molar-refractivity contribution in [1.82, 2.24) is 14.2 Å². The fourth-order valence-electron chi connectivity index (χ4n) is 4.90. The maximum Gasteiger partial charge on any atom is 0.463 e. The van der Waals surface area contributed by atoms with Crippen LogP contribution in [0.4, 0.5) is 4.39 Å². The molecule has 1 fully saturated rings. The van der Waals surface area contributed by atoms with Gasteiger partial charge in [0.15, 0.2) is 8.32 Å². The minimum absolute atomic E-state index is 0.0820. The van der Waals surface area contributed by atoms with Crippen molar-refractivity contribution >= 4 is 22.0 Å². The lowest BCUT2D eigenvalue weighted by molar-refractivity contribution is -0.143. The van der Waals surface area contributed by atoms with Crippen LogP contribution in [-0.4, -0.2) is 63.5 Å². The monoisotopic (exact) mass is 657 g/mol. The number of nitrogens with zero attached hydrogens (tertiary/aromatic N) is 2. The number of H-pyrrole nitrogens is 1. The third kappa shape index (κ3) is 7.78. The minimum atomic E-state index is -4.47. The Bertz CT molecular complexity index is 1490. The van der Waals surface area contributed by atoms with E-state index in [2.05, 4.69) is 20.8 Å². The lowest BCUT2D eigenvalue weighted by Crippen LogP contribution is -2.52. The zero-order valence-electron chi connectivity index (χ0n) is 27.0. The second-order valence-electron chi connectivity index (χ2n) is 13.4. The van der Waals surface area contributed by atoms with Crippen molar-refractivity contribution in [2.45, 2.75) is 116 Å². The van der Waals surface area contributed by atoms with Crippen LogP contribution in [0.25, 0.3) is 0 Å². The molecular weight excluding hydrogens is 612 g/mol. The Hall–Kier alpha value is -2.61. The van der Waals surface area contributed by atoms with Crippen LogP contribution in [0.15, 0.2) is 46.1 Å². The fraction of sp³-hybridized carbons (Fsp3) is 0.621. The Kier molecular flexibility index (Phi) is 10.6. The number of para-hydroxylation sites is 1. The standard InChI is InChI=1S/C29H45FN3O9PSi/c1-18(2)33(19(3)26(35)36)43(38,40-20-14-12-11-13-15-20)42-29(7,8)24-22(41-44(9,10)28(4,5)6)16-23(39-24)32-17-21(30)25(34)31-27(32)37/h11-15,17-19,22-24H,16H2,1-10H3,(H,35,36)(H,31,34,37)/t19-,22-,23+,24-,43+/m0/s1. The smallest absolute Gasteiger partial charge is 0.463 e. The number of nitrogens with one attached hydrogen (secondary N) is 1. The predicted molar refractivity (Wildman–Crippen MR) is 166 cm³/mol. The summed E-state index contributed by atoms with van der Waals surface area (Å²) in [6.45, 7) is 18.2. The summed E-state index contributed by atoms with van der Waals surface area (Å²) in [7, 11) is -6.95. The highest BCUT2D eigenvalue weighted by molar-refractivity contribution is 7.51. The zero-order chi connectivity index (χ0) is 33.4. The Morgan fingerprint density at radius 1 is 1.16 bits per heavy atom. The molecule has 15 heteroatoms. The van der Waals surface area contributed by atoms with Crippen LogP contribution in [0.2, 0.25) is 18.1 Å². The quantitative estimate of drug-likeness (QED) is 0.221. The molecule has 0 radical (unpaired) electrons. The molecule has 0 amide bonds. The molecule has 0 aliphatic carbocycles. The van der Waals surface area contributed by atoms with Gasteiger partial charge in [0, 0.05) is 12.5 Å². The van der Waals surface area contributed by atoms with Crippen molar-refractivity contribution in [2.24, 2.45) is 0 Å². The molecule has 246 valence electrons. The summed E-state index contributed by atoms with van der Waals surface area (Å²) in [4.78, 5) is 38.5. The third-order valence-corrected chi connectivity index (χ3v) is 15.1. The van der Waals surface area contributed by atoms with E-state index < -0.39 is 75.2 Å². The number of carboxylic acid groups (broad SMARTS) is 1. The SMILES string of the molecule is CC(C)N([C@@H](C)C(=O)O)[P@@](=O)(Oc1ccccc1)OC(C)(C)[C@H]1O[C@@H](n2cc(F)c(=O)[nH]c2=O)C[C@@H]1O[Si](C)(C)C(C)(C)C. The van der Waals surface area contributed by atoms with E-state index in [1.54, 1.807) is 58.0 Å². The first-order valence-corrected chi connectivity index (χ1v) is 18.9. The van der Waals surface area contributed by atoms with E-state index in [4.69, 9.17) is 18.2 Å². The van der Waals surface area contributed by atoms with Crippen molar-refractivity contribution in [3.05, 3.63) is 63.2 Å². The highest BCUT2D eigenvalue weighted by Gasteiger charge is 2.55. The Morgan fingerprint density at radius 3 is 2.27 bits per heavy atom. The van der Waals surface area contributed by atoms with Crippen molar-refractivity contribution in [3.63, 3.8) is 0 Å². The largest absolute Gasteiger partial charge is 0.480 e. The van der Waals surface area contributed by atoms with E-state index >= 15 is 0 Å². The molecule has 0 unspecified atom stereocenters. The number of hydrogen-bond donors (Lipinski definition) is 2. The van der Waals surface area contributed by atoms with Crippen LogP contribution in [0.5, 0.6) is 5.75 Å². The fourth-order valence-corrected chi connectivity index (χ4v) is 8.63. The van der Waals surface area contributed by atoms with Crippen LogP contribution in [0.3, 0.4) is 0 Å². The second-order valence-corrected chi connectivity index (χ2v) is 19.9. The van der Waals surface area contributed by atoms with Gasteiger partial charge in [-0.05, 0) is 64.9 Å². The third-order valence-electron chi connectivity index (χ3n) is 8.13.